The fourth-order valence-electron chi connectivity index (χ4n) is 1.13. The van der Waals surface area contributed by atoms with Gasteiger partial charge in [-0.05, 0) is 12.1 Å². The van der Waals surface area contributed by atoms with Crippen LogP contribution in [0.15, 0.2) is 24.7 Å². The minimum absolute atomic E-state index is 0.125. The van der Waals surface area contributed by atoms with E-state index in [0.717, 1.165) is 5.69 Å². The molecule has 0 fully saturated rings. The zero-order valence-electron chi connectivity index (χ0n) is 7.41. The van der Waals surface area contributed by atoms with E-state index in [9.17, 15) is 0 Å². The second-order valence-electron chi connectivity index (χ2n) is 2.75. The Bertz CT molecular complexity index is 399. The molecule has 0 aliphatic carbocycles. The molecule has 0 aromatic carbocycles. The van der Waals surface area contributed by atoms with Crippen LogP contribution in [0, 0.1) is 0 Å². The van der Waals surface area contributed by atoms with Crippen molar-refractivity contribution in [2.24, 2.45) is 0 Å². The molecule has 14 heavy (non-hydrogen) atoms. The standard InChI is InChI=1S/C8H9N5O/c14-5-8-12-10-6-13(8)4-7-2-1-3-9-11-7/h1-3,6,14H,4-5H2. The van der Waals surface area contributed by atoms with Gasteiger partial charge in [0.1, 0.15) is 12.9 Å². The molecule has 72 valence electrons. The van der Waals surface area contributed by atoms with Crippen LogP contribution >= 0.6 is 0 Å². The maximum atomic E-state index is 8.93. The smallest absolute Gasteiger partial charge is 0.158 e. The first-order valence-electron chi connectivity index (χ1n) is 4.14. The molecule has 0 unspecified atom stereocenters. The molecule has 0 saturated heterocycles. The van der Waals surface area contributed by atoms with Crippen molar-refractivity contribution in [2.75, 3.05) is 0 Å². The van der Waals surface area contributed by atoms with Gasteiger partial charge in [0, 0.05) is 6.20 Å². The highest BCUT2D eigenvalue weighted by Gasteiger charge is 2.03. The van der Waals surface area contributed by atoms with Crippen molar-refractivity contribution in [1.29, 1.82) is 0 Å². The lowest BCUT2D eigenvalue weighted by Gasteiger charge is -2.02. The second kappa shape index (κ2) is 3.93. The van der Waals surface area contributed by atoms with E-state index in [1.54, 1.807) is 17.1 Å². The lowest BCUT2D eigenvalue weighted by Crippen LogP contribution is -2.05. The van der Waals surface area contributed by atoms with E-state index in [-0.39, 0.29) is 6.61 Å². The van der Waals surface area contributed by atoms with E-state index in [0.29, 0.717) is 12.4 Å². The maximum absolute atomic E-state index is 8.93. The Morgan fingerprint density at radius 3 is 2.93 bits per heavy atom. The zero-order valence-corrected chi connectivity index (χ0v) is 7.41. The van der Waals surface area contributed by atoms with Gasteiger partial charge in [0.2, 0.25) is 0 Å². The molecule has 2 aromatic rings. The first-order chi connectivity index (χ1) is 6.90. The van der Waals surface area contributed by atoms with Crippen LogP contribution in [0.2, 0.25) is 0 Å². The molecule has 0 saturated carbocycles. The van der Waals surface area contributed by atoms with Crippen molar-refractivity contribution in [3.63, 3.8) is 0 Å². The molecule has 6 nitrogen and oxygen atoms in total. The summed E-state index contributed by atoms with van der Waals surface area (Å²) in [6, 6.07) is 3.67. The van der Waals surface area contributed by atoms with Crippen LogP contribution in [0.25, 0.3) is 0 Å². The van der Waals surface area contributed by atoms with Crippen LogP contribution in [-0.4, -0.2) is 30.1 Å². The normalized spacial score (nSPS) is 10.4. The molecule has 0 spiro atoms. The third-order valence-corrected chi connectivity index (χ3v) is 1.80. The summed E-state index contributed by atoms with van der Waals surface area (Å²) in [6.45, 7) is 0.400. The van der Waals surface area contributed by atoms with Crippen molar-refractivity contribution >= 4 is 0 Å². The number of hydrogen-bond donors (Lipinski definition) is 1. The van der Waals surface area contributed by atoms with Crippen LogP contribution in [0.4, 0.5) is 0 Å². The average molecular weight is 191 g/mol. The van der Waals surface area contributed by atoms with Crippen LogP contribution in [0.5, 0.6) is 0 Å². The fraction of sp³-hybridized carbons (Fsp3) is 0.250. The van der Waals surface area contributed by atoms with Crippen molar-refractivity contribution in [3.05, 3.63) is 36.2 Å². The minimum Gasteiger partial charge on any atom is -0.388 e. The van der Waals surface area contributed by atoms with E-state index >= 15 is 0 Å². The Hall–Kier alpha value is -1.82. The van der Waals surface area contributed by atoms with Gasteiger partial charge in [-0.15, -0.1) is 10.2 Å². The van der Waals surface area contributed by atoms with Crippen molar-refractivity contribution < 1.29 is 5.11 Å². The van der Waals surface area contributed by atoms with Gasteiger partial charge in [-0.3, -0.25) is 0 Å². The third kappa shape index (κ3) is 1.74. The summed E-state index contributed by atoms with van der Waals surface area (Å²) < 4.78 is 1.73. The lowest BCUT2D eigenvalue weighted by atomic mass is 10.4. The predicted molar refractivity (Wildman–Crippen MR) is 47.1 cm³/mol. The Kier molecular flexibility index (Phi) is 2.46. The molecule has 0 aliphatic heterocycles. The summed E-state index contributed by atoms with van der Waals surface area (Å²) in [5.41, 5.74) is 0.807. The van der Waals surface area contributed by atoms with E-state index < -0.39 is 0 Å². The number of hydrogen-bond acceptors (Lipinski definition) is 5. The lowest BCUT2D eigenvalue weighted by molar-refractivity contribution is 0.265. The second-order valence-corrected chi connectivity index (χ2v) is 2.75. The number of rotatable bonds is 3. The van der Waals surface area contributed by atoms with E-state index in [2.05, 4.69) is 20.4 Å². The van der Waals surface area contributed by atoms with E-state index in [4.69, 9.17) is 5.11 Å². The predicted octanol–water partition coefficient (Wildman–Crippen LogP) is -0.391. The van der Waals surface area contributed by atoms with Gasteiger partial charge in [0.25, 0.3) is 0 Å². The number of aliphatic hydroxyl groups excluding tert-OH is 1. The van der Waals surface area contributed by atoms with Gasteiger partial charge in [-0.25, -0.2) is 0 Å². The van der Waals surface area contributed by atoms with Crippen LogP contribution < -0.4 is 0 Å². The summed E-state index contributed by atoms with van der Waals surface area (Å²) >= 11 is 0. The van der Waals surface area contributed by atoms with Crippen molar-refractivity contribution in [2.45, 2.75) is 13.2 Å². The van der Waals surface area contributed by atoms with E-state index in [1.165, 1.54) is 0 Å². The summed E-state index contributed by atoms with van der Waals surface area (Å²) in [5.74, 6) is 0.524. The molecule has 2 aromatic heterocycles. The Morgan fingerprint density at radius 1 is 1.29 bits per heavy atom. The quantitative estimate of drug-likeness (QED) is 0.714. The van der Waals surface area contributed by atoms with Gasteiger partial charge >= 0.3 is 0 Å². The first-order valence-corrected chi connectivity index (χ1v) is 4.14. The third-order valence-electron chi connectivity index (χ3n) is 1.80. The summed E-state index contributed by atoms with van der Waals surface area (Å²) in [6.07, 6.45) is 3.17. The number of aromatic nitrogens is 5. The minimum atomic E-state index is -0.125. The van der Waals surface area contributed by atoms with Gasteiger partial charge < -0.3 is 9.67 Å². The van der Waals surface area contributed by atoms with Crippen LogP contribution in [0.1, 0.15) is 11.5 Å². The topological polar surface area (TPSA) is 76.7 Å². The largest absolute Gasteiger partial charge is 0.388 e. The zero-order chi connectivity index (χ0) is 9.80. The molecule has 0 atom stereocenters. The Balaban J connectivity index is 2.19. The first kappa shape index (κ1) is 8.76. The number of aliphatic hydroxyl groups is 1. The van der Waals surface area contributed by atoms with Crippen molar-refractivity contribution in [3.8, 4) is 0 Å². The highest BCUT2D eigenvalue weighted by Crippen LogP contribution is 2.00. The fourth-order valence-corrected chi connectivity index (χ4v) is 1.13. The van der Waals surface area contributed by atoms with E-state index in [1.807, 2.05) is 12.1 Å². The molecule has 0 aliphatic rings. The molecule has 2 heterocycles. The molecule has 0 radical (unpaired) electrons. The van der Waals surface area contributed by atoms with Gasteiger partial charge in [-0.2, -0.15) is 10.2 Å². The van der Waals surface area contributed by atoms with Gasteiger partial charge in [0.05, 0.1) is 12.2 Å². The summed E-state index contributed by atoms with van der Waals surface area (Å²) in [4.78, 5) is 0. The highest BCUT2D eigenvalue weighted by molar-refractivity contribution is 5.01. The maximum Gasteiger partial charge on any atom is 0.158 e. The summed E-state index contributed by atoms with van der Waals surface area (Å²) in [5, 5.41) is 24.0. The SMILES string of the molecule is OCc1nncn1Cc1cccnn1. The van der Waals surface area contributed by atoms with Crippen LogP contribution in [0.3, 0.4) is 0 Å². The molecule has 2 rings (SSSR count). The highest BCUT2D eigenvalue weighted by atomic mass is 16.3. The monoisotopic (exact) mass is 191 g/mol. The molecular formula is C8H9N5O. The van der Waals surface area contributed by atoms with Crippen molar-refractivity contribution in [1.82, 2.24) is 25.0 Å². The average Bonchev–Trinajstić information content (AvgIpc) is 2.67. The van der Waals surface area contributed by atoms with Gasteiger partial charge in [-0.1, -0.05) is 0 Å². The molecule has 6 heteroatoms. The van der Waals surface area contributed by atoms with Gasteiger partial charge in [0.15, 0.2) is 5.82 Å². The summed E-state index contributed by atoms with van der Waals surface area (Å²) in [7, 11) is 0. The Morgan fingerprint density at radius 2 is 2.21 bits per heavy atom. The molecule has 0 amide bonds. The molecule has 1 N–H and O–H groups in total. The Labute approximate surface area is 80.2 Å². The van der Waals surface area contributed by atoms with Crippen LogP contribution in [-0.2, 0) is 13.2 Å². The molecular weight excluding hydrogens is 182 g/mol. The molecule has 0 bridgehead atoms. The number of nitrogens with zero attached hydrogens (tertiary/aromatic N) is 5.